The first kappa shape index (κ1) is 22.1. The fraction of sp³-hybridized carbons (Fsp3) is 0.286. The number of aryl methyl sites for hydroxylation is 1. The monoisotopic (exact) mass is 428 g/mol. The van der Waals surface area contributed by atoms with Gasteiger partial charge in [0.15, 0.2) is 0 Å². The lowest BCUT2D eigenvalue weighted by Gasteiger charge is -2.18. The van der Waals surface area contributed by atoms with Gasteiger partial charge in [0.05, 0.1) is 26.8 Å². The van der Waals surface area contributed by atoms with Crippen molar-refractivity contribution in [3.8, 4) is 0 Å². The van der Waals surface area contributed by atoms with Crippen LogP contribution in [0.25, 0.3) is 11.0 Å². The normalized spacial score (nSPS) is 14.1. The van der Waals surface area contributed by atoms with Crippen LogP contribution in [0.1, 0.15) is 17.5 Å². The maximum atomic E-state index is 12.6. The number of carbonyl (C=O) groups is 1. The Balaban J connectivity index is 1.68. The second-order valence-corrected chi connectivity index (χ2v) is 9.55. The van der Waals surface area contributed by atoms with Crippen molar-refractivity contribution in [3.63, 3.8) is 0 Å². The van der Waals surface area contributed by atoms with Gasteiger partial charge in [-0.15, -0.1) is 0 Å². The third-order valence-electron chi connectivity index (χ3n) is 5.06. The van der Waals surface area contributed by atoms with Crippen LogP contribution in [0, 0.1) is 0 Å². The largest absolute Gasteiger partial charge is 0.475 e. The highest BCUT2D eigenvalue weighted by Crippen LogP contribution is 2.22. The fourth-order valence-corrected chi connectivity index (χ4v) is 4.55. The summed E-state index contributed by atoms with van der Waals surface area (Å²) >= 11 is 0. The molecule has 3 aromatic rings. The lowest BCUT2D eigenvalue weighted by Crippen LogP contribution is -2.47. The third kappa shape index (κ3) is 5.10. The molecule has 1 unspecified atom stereocenters. The zero-order chi connectivity index (χ0) is 21.7. The van der Waals surface area contributed by atoms with Crippen molar-refractivity contribution >= 4 is 33.7 Å². The van der Waals surface area contributed by atoms with Gasteiger partial charge in [0, 0.05) is 25.1 Å². The highest BCUT2D eigenvalue weighted by molar-refractivity contribution is 7.93. The smallest absolute Gasteiger partial charge is 0.464 e. The second kappa shape index (κ2) is 9.46. The average Bonchev–Trinajstić information content (AvgIpc) is 3.15. The first-order valence-electron chi connectivity index (χ1n) is 9.60. The van der Waals surface area contributed by atoms with Gasteiger partial charge in [0.1, 0.15) is 5.58 Å². The SMILES string of the molecule is CN=S(C)(=O)c1ccccc1CCC(=O)N[C@@H](Cc1coc2ccccc12)B(O)O. The number of nitrogens with zero attached hydrogens (tertiary/aromatic N) is 1. The van der Waals surface area contributed by atoms with Gasteiger partial charge in [-0.3, -0.25) is 4.79 Å². The standard InChI is InChI=1S/C21H25BN2O5S/c1-23-30(2,28)19-10-6-3-7-15(19)11-12-21(25)24-20(22(26)27)13-16-14-29-18-9-5-4-8-17(16)18/h3-10,14,20,26-27H,11-13H2,1-2H3,(H,24,25)/t20-,30?/m0/s1. The molecule has 7 nitrogen and oxygen atoms in total. The Bertz CT molecular complexity index is 1150. The summed E-state index contributed by atoms with van der Waals surface area (Å²) in [5.74, 6) is -1.21. The van der Waals surface area contributed by atoms with Crippen molar-refractivity contribution in [3.05, 3.63) is 65.9 Å². The number of rotatable bonds is 8. The van der Waals surface area contributed by atoms with Crippen LogP contribution in [0.3, 0.4) is 0 Å². The molecule has 0 saturated heterocycles. The van der Waals surface area contributed by atoms with E-state index in [1.165, 1.54) is 7.05 Å². The molecule has 158 valence electrons. The van der Waals surface area contributed by atoms with E-state index in [1.807, 2.05) is 36.4 Å². The number of para-hydroxylation sites is 1. The molecule has 9 heteroatoms. The number of fused-ring (bicyclic) bond motifs is 1. The van der Waals surface area contributed by atoms with Gasteiger partial charge in [0.25, 0.3) is 0 Å². The van der Waals surface area contributed by atoms with Crippen molar-refractivity contribution in [2.75, 3.05) is 13.3 Å². The average molecular weight is 428 g/mol. The van der Waals surface area contributed by atoms with Crippen LogP contribution >= 0.6 is 0 Å². The van der Waals surface area contributed by atoms with Gasteiger partial charge in [-0.25, -0.2) is 8.57 Å². The molecule has 1 amide bonds. The molecule has 0 fully saturated rings. The molecule has 30 heavy (non-hydrogen) atoms. The topological polar surface area (TPSA) is 112 Å². The Morgan fingerprint density at radius 2 is 1.87 bits per heavy atom. The van der Waals surface area contributed by atoms with Crippen LogP contribution in [0.15, 0.2) is 68.5 Å². The summed E-state index contributed by atoms with van der Waals surface area (Å²) in [6.07, 6.45) is 3.83. The summed E-state index contributed by atoms with van der Waals surface area (Å²) in [4.78, 5) is 13.1. The van der Waals surface area contributed by atoms with Crippen LogP contribution in [0.4, 0.5) is 0 Å². The number of hydrogen-bond acceptors (Lipinski definition) is 6. The molecule has 0 radical (unpaired) electrons. The molecular formula is C21H25BN2O5S. The number of amides is 1. The summed E-state index contributed by atoms with van der Waals surface area (Å²) in [5.41, 5.74) is 2.27. The molecule has 0 aliphatic heterocycles. The van der Waals surface area contributed by atoms with Gasteiger partial charge >= 0.3 is 7.12 Å². The quantitative estimate of drug-likeness (QED) is 0.477. The third-order valence-corrected chi connectivity index (χ3v) is 6.97. The van der Waals surface area contributed by atoms with Gasteiger partial charge in [-0.05, 0) is 36.1 Å². The second-order valence-electron chi connectivity index (χ2n) is 7.14. The van der Waals surface area contributed by atoms with Crippen LogP contribution < -0.4 is 5.32 Å². The molecule has 0 saturated carbocycles. The van der Waals surface area contributed by atoms with Crippen LogP contribution in [0.5, 0.6) is 0 Å². The first-order chi connectivity index (χ1) is 14.3. The minimum Gasteiger partial charge on any atom is -0.464 e. The van der Waals surface area contributed by atoms with Crippen LogP contribution in [0.2, 0.25) is 0 Å². The van der Waals surface area contributed by atoms with Crippen molar-refractivity contribution in [1.29, 1.82) is 0 Å². The predicted molar refractivity (Wildman–Crippen MR) is 117 cm³/mol. The Hall–Kier alpha value is -2.62. The van der Waals surface area contributed by atoms with Crippen LogP contribution in [-0.2, 0) is 27.4 Å². The van der Waals surface area contributed by atoms with Crippen LogP contribution in [-0.4, -0.2) is 46.5 Å². The summed E-state index contributed by atoms with van der Waals surface area (Å²) in [7, 11) is -2.72. The van der Waals surface area contributed by atoms with E-state index in [2.05, 4.69) is 9.68 Å². The van der Waals surface area contributed by atoms with Crippen molar-refractivity contribution in [1.82, 2.24) is 5.32 Å². The van der Waals surface area contributed by atoms with E-state index in [0.717, 1.165) is 16.5 Å². The molecule has 0 aliphatic carbocycles. The van der Waals surface area contributed by atoms with E-state index < -0.39 is 22.8 Å². The predicted octanol–water partition coefficient (Wildman–Crippen LogP) is 2.19. The van der Waals surface area contributed by atoms with Crippen molar-refractivity contribution < 1.29 is 23.5 Å². The molecule has 2 atom stereocenters. The van der Waals surface area contributed by atoms with Gasteiger partial charge < -0.3 is 19.8 Å². The van der Waals surface area contributed by atoms with E-state index >= 15 is 0 Å². The zero-order valence-electron chi connectivity index (χ0n) is 16.9. The molecule has 0 aliphatic rings. The summed E-state index contributed by atoms with van der Waals surface area (Å²) in [5, 5.41) is 23.1. The number of furan rings is 1. The van der Waals surface area contributed by atoms with Crippen molar-refractivity contribution in [2.24, 2.45) is 4.36 Å². The number of hydrogen-bond donors (Lipinski definition) is 3. The molecule has 3 N–H and O–H groups in total. The van der Waals surface area contributed by atoms with E-state index in [4.69, 9.17) is 4.42 Å². The van der Waals surface area contributed by atoms with Gasteiger partial charge in [-0.1, -0.05) is 36.4 Å². The van der Waals surface area contributed by atoms with E-state index in [1.54, 1.807) is 24.7 Å². The highest BCUT2D eigenvalue weighted by Gasteiger charge is 2.27. The van der Waals surface area contributed by atoms with Gasteiger partial charge in [0.2, 0.25) is 5.91 Å². The molecule has 3 rings (SSSR count). The number of benzene rings is 2. The lowest BCUT2D eigenvalue weighted by molar-refractivity contribution is -0.121. The van der Waals surface area contributed by atoms with Crippen molar-refractivity contribution in [2.45, 2.75) is 30.1 Å². The van der Waals surface area contributed by atoms with Gasteiger partial charge in [-0.2, -0.15) is 0 Å². The zero-order valence-corrected chi connectivity index (χ0v) is 17.8. The summed E-state index contributed by atoms with van der Waals surface area (Å²) < 4.78 is 22.1. The maximum absolute atomic E-state index is 12.6. The minimum atomic E-state index is -2.52. The Morgan fingerprint density at radius 3 is 2.60 bits per heavy atom. The minimum absolute atomic E-state index is 0.117. The lowest BCUT2D eigenvalue weighted by atomic mass is 9.76. The molecule has 0 spiro atoms. The summed E-state index contributed by atoms with van der Waals surface area (Å²) in [6.45, 7) is 0. The molecule has 0 bridgehead atoms. The summed E-state index contributed by atoms with van der Waals surface area (Å²) in [6, 6.07) is 14.6. The highest BCUT2D eigenvalue weighted by atomic mass is 32.2. The Kier molecular flexibility index (Phi) is 6.97. The molecule has 1 aromatic heterocycles. The Labute approximate surface area is 176 Å². The fourth-order valence-electron chi connectivity index (χ4n) is 3.36. The molecular weight excluding hydrogens is 403 g/mol. The Morgan fingerprint density at radius 1 is 1.17 bits per heavy atom. The molecule has 2 aromatic carbocycles. The first-order valence-corrected chi connectivity index (χ1v) is 11.5. The van der Waals surface area contributed by atoms with E-state index in [-0.39, 0.29) is 18.7 Å². The molecule has 1 heterocycles. The number of nitrogens with one attached hydrogen (secondary N) is 1. The van der Waals surface area contributed by atoms with E-state index in [0.29, 0.717) is 16.9 Å². The van der Waals surface area contributed by atoms with E-state index in [9.17, 15) is 19.1 Å². The maximum Gasteiger partial charge on any atom is 0.475 e. The number of carbonyl (C=O) groups excluding carboxylic acids is 1.